The summed E-state index contributed by atoms with van der Waals surface area (Å²) >= 11 is 0. The summed E-state index contributed by atoms with van der Waals surface area (Å²) in [5.41, 5.74) is 4.28. The molecule has 27 heavy (non-hydrogen) atoms. The third kappa shape index (κ3) is 4.06. The van der Waals surface area contributed by atoms with Crippen LogP contribution in [0.3, 0.4) is 0 Å². The van der Waals surface area contributed by atoms with Gasteiger partial charge in [-0.2, -0.15) is 0 Å². The van der Waals surface area contributed by atoms with Gasteiger partial charge in [0.2, 0.25) is 0 Å². The van der Waals surface area contributed by atoms with Crippen molar-refractivity contribution >= 4 is 11.5 Å². The minimum Gasteiger partial charge on any atom is -0.496 e. The monoisotopic (exact) mass is 371 g/mol. The number of esters is 1. The molecule has 0 unspecified atom stereocenters. The molecule has 2 atom stereocenters. The van der Waals surface area contributed by atoms with Crippen molar-refractivity contribution in [2.45, 2.75) is 26.2 Å². The number of aromatic nitrogens is 1. The maximum Gasteiger partial charge on any atom is 0.308 e. The zero-order valence-electron chi connectivity index (χ0n) is 15.9. The Kier molecular flexibility index (Phi) is 5.96. The number of aliphatic hydroxyl groups excluding tert-OH is 1. The normalized spacial score (nSPS) is 19.9. The van der Waals surface area contributed by atoms with E-state index in [1.54, 1.807) is 13.4 Å². The Morgan fingerprint density at radius 2 is 2.19 bits per heavy atom. The average Bonchev–Trinajstić information content (AvgIpc) is 3.34. The van der Waals surface area contributed by atoms with Gasteiger partial charge in [-0.15, -0.1) is 0 Å². The van der Waals surface area contributed by atoms with Gasteiger partial charge in [0.25, 0.3) is 0 Å². The Hall–Kier alpha value is -2.60. The van der Waals surface area contributed by atoms with E-state index in [2.05, 4.69) is 11.2 Å². The van der Waals surface area contributed by atoms with E-state index in [0.29, 0.717) is 5.75 Å². The number of nitrogens with zero attached hydrogens (tertiary/aromatic N) is 1. The molecule has 1 N–H and O–H groups in total. The fourth-order valence-corrected chi connectivity index (χ4v) is 3.76. The maximum atomic E-state index is 11.8. The summed E-state index contributed by atoms with van der Waals surface area (Å²) in [6.45, 7) is 1.78. The van der Waals surface area contributed by atoms with Crippen molar-refractivity contribution in [3.63, 3.8) is 0 Å². The molecule has 1 aliphatic carbocycles. The second kappa shape index (κ2) is 8.39. The van der Waals surface area contributed by atoms with Gasteiger partial charge in [-0.3, -0.25) is 4.79 Å². The van der Waals surface area contributed by atoms with Crippen molar-refractivity contribution in [1.82, 2.24) is 5.16 Å². The van der Waals surface area contributed by atoms with E-state index in [1.165, 1.54) is 7.11 Å². The molecule has 6 nitrogen and oxygen atoms in total. The Bertz CT molecular complexity index is 839. The molecule has 0 amide bonds. The zero-order valence-corrected chi connectivity index (χ0v) is 15.9. The second-order valence-electron chi connectivity index (χ2n) is 6.87. The number of aliphatic hydroxyl groups is 1. The van der Waals surface area contributed by atoms with Crippen LogP contribution >= 0.6 is 0 Å². The fraction of sp³-hybridized carbons (Fsp3) is 0.429. The van der Waals surface area contributed by atoms with Crippen molar-refractivity contribution < 1.29 is 23.9 Å². The average molecular weight is 371 g/mol. The Labute approximate surface area is 158 Å². The van der Waals surface area contributed by atoms with Crippen molar-refractivity contribution in [3.8, 4) is 16.9 Å². The van der Waals surface area contributed by atoms with Gasteiger partial charge in [-0.05, 0) is 55.4 Å². The number of carbonyl (C=O) groups excluding carboxylic acids is 1. The number of methoxy groups -OCH3 is 2. The molecular formula is C21H25NO5. The molecule has 0 aliphatic heterocycles. The molecule has 1 aromatic heterocycles. The lowest BCUT2D eigenvalue weighted by Gasteiger charge is -2.14. The first-order valence-electron chi connectivity index (χ1n) is 9.06. The molecule has 0 saturated heterocycles. The largest absolute Gasteiger partial charge is 0.496 e. The number of carbonyl (C=O) groups is 1. The predicted molar refractivity (Wildman–Crippen MR) is 101 cm³/mol. The number of ether oxygens (including phenoxy) is 2. The van der Waals surface area contributed by atoms with Crippen LogP contribution in [0.2, 0.25) is 0 Å². The summed E-state index contributed by atoms with van der Waals surface area (Å²) in [5.74, 6) is 0.695. The third-order valence-electron chi connectivity index (χ3n) is 5.22. The van der Waals surface area contributed by atoms with Gasteiger partial charge in [0.05, 0.1) is 32.4 Å². The molecule has 1 fully saturated rings. The number of allylic oxidation sites excluding steroid dienone is 1. The molecule has 144 valence electrons. The number of rotatable bonds is 6. The highest BCUT2D eigenvalue weighted by Gasteiger charge is 2.30. The van der Waals surface area contributed by atoms with Gasteiger partial charge in [-0.25, -0.2) is 0 Å². The minimum atomic E-state index is -0.154. The highest BCUT2D eigenvalue weighted by Crippen LogP contribution is 2.37. The third-order valence-corrected chi connectivity index (χ3v) is 5.22. The zero-order chi connectivity index (χ0) is 19.4. The van der Waals surface area contributed by atoms with Crippen LogP contribution in [0.4, 0.5) is 0 Å². The number of aryl methyl sites for hydroxylation is 1. The van der Waals surface area contributed by atoms with Crippen LogP contribution in [0.5, 0.6) is 5.75 Å². The van der Waals surface area contributed by atoms with Crippen LogP contribution in [-0.4, -0.2) is 37.1 Å². The molecule has 0 spiro atoms. The van der Waals surface area contributed by atoms with Gasteiger partial charge in [0, 0.05) is 11.1 Å². The summed E-state index contributed by atoms with van der Waals surface area (Å²) in [6, 6.07) is 5.80. The molecular weight excluding hydrogens is 346 g/mol. The first-order valence-corrected chi connectivity index (χ1v) is 9.06. The maximum absolute atomic E-state index is 11.8. The van der Waals surface area contributed by atoms with Crippen LogP contribution in [-0.2, 0) is 9.53 Å². The number of benzene rings is 1. The van der Waals surface area contributed by atoms with Crippen molar-refractivity contribution in [2.24, 2.45) is 11.8 Å². The number of hydrogen-bond acceptors (Lipinski definition) is 6. The van der Waals surface area contributed by atoms with E-state index < -0.39 is 0 Å². The second-order valence-corrected chi connectivity index (χ2v) is 6.87. The van der Waals surface area contributed by atoms with Crippen LogP contribution in [0, 0.1) is 18.8 Å². The standard InChI is InChI=1S/C21H25NO5/c1-13-19(12-27-22-13)15-6-7-20(25-2)18(10-15)17(11-23)9-14-4-5-16(8-14)21(24)26-3/h6-7,9-10,12,14,16,23H,4-5,8,11H2,1-3H3/b17-9+/t14-,16+/m1/s1. The first-order chi connectivity index (χ1) is 13.1. The van der Waals surface area contributed by atoms with E-state index >= 15 is 0 Å². The highest BCUT2D eigenvalue weighted by atomic mass is 16.5. The van der Waals surface area contributed by atoms with Crippen LogP contribution in [0.25, 0.3) is 16.7 Å². The fourth-order valence-electron chi connectivity index (χ4n) is 3.76. The molecule has 6 heteroatoms. The Morgan fingerprint density at radius 1 is 1.37 bits per heavy atom. The predicted octanol–water partition coefficient (Wildman–Crippen LogP) is 3.62. The van der Waals surface area contributed by atoms with E-state index in [1.807, 2.05) is 25.1 Å². The van der Waals surface area contributed by atoms with E-state index in [4.69, 9.17) is 14.0 Å². The van der Waals surface area contributed by atoms with E-state index in [0.717, 1.165) is 47.2 Å². The smallest absolute Gasteiger partial charge is 0.308 e. The molecule has 1 heterocycles. The summed E-state index contributed by atoms with van der Waals surface area (Å²) in [4.78, 5) is 11.8. The lowest BCUT2D eigenvalue weighted by molar-refractivity contribution is -0.145. The molecule has 3 rings (SSSR count). The highest BCUT2D eigenvalue weighted by molar-refractivity contribution is 5.78. The quantitative estimate of drug-likeness (QED) is 0.781. The number of hydrogen-bond donors (Lipinski definition) is 1. The molecule has 1 aromatic carbocycles. The van der Waals surface area contributed by atoms with Crippen molar-refractivity contribution in [3.05, 3.63) is 41.8 Å². The molecule has 1 aliphatic rings. The van der Waals surface area contributed by atoms with Crippen molar-refractivity contribution in [2.75, 3.05) is 20.8 Å². The molecule has 1 saturated carbocycles. The molecule has 0 radical (unpaired) electrons. The lowest BCUT2D eigenvalue weighted by atomic mass is 9.95. The topological polar surface area (TPSA) is 81.8 Å². The van der Waals surface area contributed by atoms with Gasteiger partial charge in [0.1, 0.15) is 12.0 Å². The van der Waals surface area contributed by atoms with Crippen LogP contribution in [0.15, 0.2) is 35.1 Å². The van der Waals surface area contributed by atoms with Crippen LogP contribution in [0.1, 0.15) is 30.5 Å². The molecule has 0 bridgehead atoms. The lowest BCUT2D eigenvalue weighted by Crippen LogP contribution is -2.12. The first kappa shape index (κ1) is 19.2. The molecule has 2 aromatic rings. The summed E-state index contributed by atoms with van der Waals surface area (Å²) in [6.07, 6.45) is 6.12. The Balaban J connectivity index is 1.92. The summed E-state index contributed by atoms with van der Waals surface area (Å²) < 4.78 is 15.4. The van der Waals surface area contributed by atoms with Gasteiger partial charge in [0.15, 0.2) is 0 Å². The van der Waals surface area contributed by atoms with Gasteiger partial charge >= 0.3 is 5.97 Å². The minimum absolute atomic E-state index is 0.0657. The van der Waals surface area contributed by atoms with E-state index in [9.17, 15) is 9.90 Å². The summed E-state index contributed by atoms with van der Waals surface area (Å²) in [7, 11) is 3.04. The van der Waals surface area contributed by atoms with Gasteiger partial charge < -0.3 is 19.1 Å². The van der Waals surface area contributed by atoms with Crippen molar-refractivity contribution in [1.29, 1.82) is 0 Å². The summed E-state index contributed by atoms with van der Waals surface area (Å²) in [5, 5.41) is 13.9. The SMILES string of the molecule is COC(=O)[C@H]1CC[C@@H](/C=C(\CO)c2cc(-c3conc3C)ccc2OC)C1. The van der Waals surface area contributed by atoms with E-state index in [-0.39, 0.29) is 24.4 Å². The Morgan fingerprint density at radius 3 is 2.81 bits per heavy atom. The van der Waals surface area contributed by atoms with Crippen LogP contribution < -0.4 is 4.74 Å². The van der Waals surface area contributed by atoms with Gasteiger partial charge in [-0.1, -0.05) is 17.3 Å².